The summed E-state index contributed by atoms with van der Waals surface area (Å²) in [6.45, 7) is 0.702. The first-order valence-corrected chi connectivity index (χ1v) is 5.46. The molecule has 1 aromatic carbocycles. The molecule has 76 valence electrons. The van der Waals surface area contributed by atoms with E-state index < -0.39 is 0 Å². The molecule has 1 saturated heterocycles. The summed E-state index contributed by atoms with van der Waals surface area (Å²) in [6.07, 6.45) is 0. The second-order valence-electron chi connectivity index (χ2n) is 3.15. The molecule has 2 nitrogen and oxygen atoms in total. The van der Waals surface area contributed by atoms with E-state index in [2.05, 4.69) is 10.9 Å². The maximum atomic E-state index is 6.11. The molecule has 0 aromatic heterocycles. The Morgan fingerprint density at radius 3 is 2.36 bits per heavy atom. The molecule has 0 saturated carbocycles. The SMILES string of the molecule is Clc1cccc(Cl)c1C1NNCC1Cl. The van der Waals surface area contributed by atoms with Crippen molar-refractivity contribution < 1.29 is 0 Å². The quantitative estimate of drug-likeness (QED) is 0.750. The van der Waals surface area contributed by atoms with E-state index in [1.54, 1.807) is 0 Å². The van der Waals surface area contributed by atoms with Crippen LogP contribution >= 0.6 is 34.8 Å². The van der Waals surface area contributed by atoms with Crippen LogP contribution in [0.5, 0.6) is 0 Å². The Hall–Kier alpha value is 0.01000. The van der Waals surface area contributed by atoms with Crippen molar-refractivity contribution in [2.75, 3.05) is 6.54 Å². The second-order valence-corrected chi connectivity index (χ2v) is 4.53. The highest BCUT2D eigenvalue weighted by Gasteiger charge is 2.29. The van der Waals surface area contributed by atoms with E-state index in [0.717, 1.165) is 5.56 Å². The van der Waals surface area contributed by atoms with E-state index in [4.69, 9.17) is 34.8 Å². The van der Waals surface area contributed by atoms with Crippen molar-refractivity contribution in [3.8, 4) is 0 Å². The van der Waals surface area contributed by atoms with Gasteiger partial charge in [0.15, 0.2) is 0 Å². The van der Waals surface area contributed by atoms with E-state index in [9.17, 15) is 0 Å². The van der Waals surface area contributed by atoms with Gasteiger partial charge < -0.3 is 0 Å². The number of rotatable bonds is 1. The average Bonchev–Trinajstić information content (AvgIpc) is 2.52. The lowest BCUT2D eigenvalue weighted by atomic mass is 10.1. The third-order valence-corrected chi connectivity index (χ3v) is 3.29. The van der Waals surface area contributed by atoms with Crippen molar-refractivity contribution in [3.63, 3.8) is 0 Å². The summed E-state index contributed by atoms with van der Waals surface area (Å²) < 4.78 is 0. The third kappa shape index (κ3) is 1.86. The Balaban J connectivity index is 2.39. The van der Waals surface area contributed by atoms with E-state index >= 15 is 0 Å². The van der Waals surface area contributed by atoms with Crippen LogP contribution in [-0.4, -0.2) is 11.9 Å². The third-order valence-electron chi connectivity index (χ3n) is 2.23. The summed E-state index contributed by atoms with van der Waals surface area (Å²) in [6, 6.07) is 5.41. The summed E-state index contributed by atoms with van der Waals surface area (Å²) in [5.41, 5.74) is 6.89. The highest BCUT2D eigenvalue weighted by atomic mass is 35.5. The topological polar surface area (TPSA) is 24.1 Å². The molecular formula is C9H9Cl3N2. The summed E-state index contributed by atoms with van der Waals surface area (Å²) in [4.78, 5) is 0. The zero-order valence-corrected chi connectivity index (χ0v) is 9.50. The molecule has 14 heavy (non-hydrogen) atoms. The molecule has 2 rings (SSSR count). The molecule has 2 atom stereocenters. The van der Waals surface area contributed by atoms with Crippen LogP contribution < -0.4 is 10.9 Å². The van der Waals surface area contributed by atoms with E-state index in [1.807, 2.05) is 18.2 Å². The fourth-order valence-electron chi connectivity index (χ4n) is 1.54. The van der Waals surface area contributed by atoms with Gasteiger partial charge in [0.05, 0.1) is 11.4 Å². The summed E-state index contributed by atoms with van der Waals surface area (Å²) in [7, 11) is 0. The van der Waals surface area contributed by atoms with E-state index in [-0.39, 0.29) is 11.4 Å². The highest BCUT2D eigenvalue weighted by molar-refractivity contribution is 6.36. The molecule has 5 heteroatoms. The molecule has 2 unspecified atom stereocenters. The predicted molar refractivity (Wildman–Crippen MR) is 60.0 cm³/mol. The van der Waals surface area contributed by atoms with Gasteiger partial charge in [-0.2, -0.15) is 0 Å². The van der Waals surface area contributed by atoms with Gasteiger partial charge in [-0.05, 0) is 12.1 Å². The molecule has 0 radical (unpaired) electrons. The maximum absolute atomic E-state index is 6.11. The van der Waals surface area contributed by atoms with Gasteiger partial charge in [-0.15, -0.1) is 11.6 Å². The van der Waals surface area contributed by atoms with Gasteiger partial charge in [0, 0.05) is 22.2 Å². The predicted octanol–water partition coefficient (Wildman–Crippen LogP) is 2.75. The fourth-order valence-corrected chi connectivity index (χ4v) is 2.43. The lowest BCUT2D eigenvalue weighted by molar-refractivity contribution is 0.583. The van der Waals surface area contributed by atoms with Crippen LogP contribution in [-0.2, 0) is 0 Å². The Morgan fingerprint density at radius 1 is 1.21 bits per heavy atom. The van der Waals surface area contributed by atoms with Gasteiger partial charge in [-0.25, -0.2) is 5.43 Å². The first kappa shape index (κ1) is 10.5. The smallest absolute Gasteiger partial charge is 0.0683 e. The van der Waals surface area contributed by atoms with E-state index in [1.165, 1.54) is 0 Å². The van der Waals surface area contributed by atoms with Gasteiger partial charge >= 0.3 is 0 Å². The van der Waals surface area contributed by atoms with Crippen LogP contribution in [0.4, 0.5) is 0 Å². The molecule has 1 aromatic rings. The van der Waals surface area contributed by atoms with Crippen LogP contribution in [0.25, 0.3) is 0 Å². The highest BCUT2D eigenvalue weighted by Crippen LogP contribution is 2.34. The minimum absolute atomic E-state index is 0.0298. The zero-order chi connectivity index (χ0) is 10.1. The molecule has 0 amide bonds. The lowest BCUT2D eigenvalue weighted by Crippen LogP contribution is -2.25. The first-order chi connectivity index (χ1) is 6.70. The number of nitrogens with one attached hydrogen (secondary N) is 2. The second kappa shape index (κ2) is 4.25. The zero-order valence-electron chi connectivity index (χ0n) is 7.23. The minimum Gasteiger partial charge on any atom is -0.256 e. The summed E-state index contributed by atoms with van der Waals surface area (Å²) >= 11 is 18.2. The van der Waals surface area contributed by atoms with Crippen LogP contribution in [0.3, 0.4) is 0 Å². The Morgan fingerprint density at radius 2 is 1.86 bits per heavy atom. The van der Waals surface area contributed by atoms with E-state index in [0.29, 0.717) is 16.6 Å². The van der Waals surface area contributed by atoms with Crippen LogP contribution in [0.2, 0.25) is 10.0 Å². The monoisotopic (exact) mass is 250 g/mol. The standard InChI is InChI=1S/C9H9Cl3N2/c10-5-2-1-3-6(11)8(5)9-7(12)4-13-14-9/h1-3,7,9,13-14H,4H2. The molecule has 1 aliphatic rings. The van der Waals surface area contributed by atoms with Crippen molar-refractivity contribution >= 4 is 34.8 Å². The molecular weight excluding hydrogens is 242 g/mol. The van der Waals surface area contributed by atoms with Crippen molar-refractivity contribution in [2.45, 2.75) is 11.4 Å². The van der Waals surface area contributed by atoms with Gasteiger partial charge in [0.2, 0.25) is 0 Å². The van der Waals surface area contributed by atoms with Crippen molar-refractivity contribution in [2.24, 2.45) is 0 Å². The first-order valence-electron chi connectivity index (χ1n) is 4.26. The summed E-state index contributed by atoms with van der Waals surface area (Å²) in [5, 5.41) is 1.25. The Labute approximate surface area is 97.5 Å². The lowest BCUT2D eigenvalue weighted by Gasteiger charge is -2.16. The molecule has 0 aliphatic carbocycles. The van der Waals surface area contributed by atoms with Crippen LogP contribution in [0.15, 0.2) is 18.2 Å². The molecule has 1 heterocycles. The number of halogens is 3. The molecule has 1 fully saturated rings. The van der Waals surface area contributed by atoms with Gasteiger partial charge in [0.1, 0.15) is 0 Å². The number of alkyl halides is 1. The van der Waals surface area contributed by atoms with Gasteiger partial charge in [-0.3, -0.25) is 5.43 Å². The molecule has 2 N–H and O–H groups in total. The number of benzene rings is 1. The van der Waals surface area contributed by atoms with Crippen LogP contribution in [0.1, 0.15) is 11.6 Å². The largest absolute Gasteiger partial charge is 0.256 e. The normalized spacial score (nSPS) is 26.8. The average molecular weight is 252 g/mol. The maximum Gasteiger partial charge on any atom is 0.0683 e. The summed E-state index contributed by atoms with van der Waals surface area (Å²) in [5.74, 6) is 0. The van der Waals surface area contributed by atoms with Crippen molar-refractivity contribution in [3.05, 3.63) is 33.8 Å². The number of hydrogen-bond acceptors (Lipinski definition) is 2. The van der Waals surface area contributed by atoms with Gasteiger partial charge in [0.25, 0.3) is 0 Å². The fraction of sp³-hybridized carbons (Fsp3) is 0.333. The van der Waals surface area contributed by atoms with Gasteiger partial charge in [-0.1, -0.05) is 29.3 Å². The minimum atomic E-state index is -0.0348. The van der Waals surface area contributed by atoms with Crippen LogP contribution in [0, 0.1) is 0 Å². The molecule has 1 aliphatic heterocycles. The molecule has 0 bridgehead atoms. The van der Waals surface area contributed by atoms with Crippen molar-refractivity contribution in [1.29, 1.82) is 0 Å². The molecule has 0 spiro atoms. The number of hydrogen-bond donors (Lipinski definition) is 2. The Bertz CT molecular complexity index is 323. The Kier molecular flexibility index (Phi) is 3.20. The number of hydrazine groups is 1. The van der Waals surface area contributed by atoms with Crippen molar-refractivity contribution in [1.82, 2.24) is 10.9 Å².